The van der Waals surface area contributed by atoms with Gasteiger partial charge >= 0.3 is 0 Å². The largest absolute Gasteiger partial charge is 0.362 e. The molecule has 0 unspecified atom stereocenters. The molecule has 2 heterocycles. The van der Waals surface area contributed by atoms with Crippen LogP contribution in [0.3, 0.4) is 0 Å². The zero-order chi connectivity index (χ0) is 14.4. The van der Waals surface area contributed by atoms with Crippen LogP contribution in [0.1, 0.15) is 26.7 Å². The number of rotatable bonds is 2. The smallest absolute Gasteiger partial charge is 0.145 e. The van der Waals surface area contributed by atoms with Crippen LogP contribution < -0.4 is 5.32 Å². The maximum atomic E-state index is 4.90. The van der Waals surface area contributed by atoms with Crippen molar-refractivity contribution < 1.29 is 0 Å². The minimum Gasteiger partial charge on any atom is -0.362 e. The lowest BCUT2D eigenvalue weighted by molar-refractivity contribution is 0.346. The number of aromatic nitrogens is 2. The molecule has 0 bridgehead atoms. The lowest BCUT2D eigenvalue weighted by Crippen LogP contribution is -2.41. The van der Waals surface area contributed by atoms with E-state index in [9.17, 15) is 0 Å². The van der Waals surface area contributed by atoms with Gasteiger partial charge < -0.3 is 9.88 Å². The molecule has 106 valence electrons. The van der Waals surface area contributed by atoms with Crippen LogP contribution in [0, 0.1) is 0 Å². The van der Waals surface area contributed by atoms with Crippen LogP contribution in [0.15, 0.2) is 48.5 Å². The summed E-state index contributed by atoms with van der Waals surface area (Å²) in [6.07, 6.45) is 2.19. The Bertz CT molecular complexity index is 818. The van der Waals surface area contributed by atoms with Crippen LogP contribution in [0.25, 0.3) is 22.4 Å². The van der Waals surface area contributed by atoms with Crippen LogP contribution >= 0.6 is 0 Å². The number of hydrogen-bond acceptors (Lipinski definition) is 2. The maximum absolute atomic E-state index is 4.90. The molecule has 0 saturated carbocycles. The molecule has 1 atom stereocenters. The van der Waals surface area contributed by atoms with Gasteiger partial charge in [0.2, 0.25) is 0 Å². The normalized spacial score (nSPS) is 19.9. The number of benzene rings is 2. The third-order valence-electron chi connectivity index (χ3n) is 4.36. The van der Waals surface area contributed by atoms with Crippen LogP contribution in [0.2, 0.25) is 0 Å². The van der Waals surface area contributed by atoms with Gasteiger partial charge in [-0.15, -0.1) is 0 Å². The van der Waals surface area contributed by atoms with Crippen LogP contribution in [0.5, 0.6) is 0 Å². The van der Waals surface area contributed by atoms with Crippen molar-refractivity contribution in [2.45, 2.75) is 32.4 Å². The number of para-hydroxylation sites is 3. The predicted molar refractivity (Wildman–Crippen MR) is 87.3 cm³/mol. The van der Waals surface area contributed by atoms with E-state index in [0.29, 0.717) is 0 Å². The lowest BCUT2D eigenvalue weighted by Gasteiger charge is -2.39. The van der Waals surface area contributed by atoms with E-state index >= 15 is 0 Å². The Morgan fingerprint density at radius 3 is 2.71 bits per heavy atom. The van der Waals surface area contributed by atoms with Gasteiger partial charge in [-0.1, -0.05) is 37.6 Å². The molecule has 3 heteroatoms. The van der Waals surface area contributed by atoms with Crippen LogP contribution in [-0.4, -0.2) is 9.55 Å². The SMILES string of the molecule is CCC[C@@]1(C)Nc2ccccc2-c2nc3ccccc3n21. The van der Waals surface area contributed by atoms with Crippen molar-refractivity contribution in [3.8, 4) is 11.4 Å². The fourth-order valence-corrected chi connectivity index (χ4v) is 3.50. The highest BCUT2D eigenvalue weighted by atomic mass is 15.3. The topological polar surface area (TPSA) is 29.9 Å². The Labute approximate surface area is 124 Å². The van der Waals surface area contributed by atoms with Gasteiger partial charge in [0.25, 0.3) is 0 Å². The summed E-state index contributed by atoms with van der Waals surface area (Å²) < 4.78 is 2.37. The predicted octanol–water partition coefficient (Wildman–Crippen LogP) is 4.60. The number of nitrogens with one attached hydrogen (secondary N) is 1. The minimum absolute atomic E-state index is 0.130. The summed E-state index contributed by atoms with van der Waals surface area (Å²) in [5.74, 6) is 1.07. The first-order valence-corrected chi connectivity index (χ1v) is 7.58. The summed E-state index contributed by atoms with van der Waals surface area (Å²) in [6.45, 7) is 4.50. The molecule has 0 aliphatic carbocycles. The van der Waals surface area contributed by atoms with E-state index in [4.69, 9.17) is 4.98 Å². The highest BCUT2D eigenvalue weighted by Gasteiger charge is 2.35. The van der Waals surface area contributed by atoms with Crippen molar-refractivity contribution in [3.63, 3.8) is 0 Å². The molecule has 0 spiro atoms. The van der Waals surface area contributed by atoms with Crippen molar-refractivity contribution >= 4 is 16.7 Å². The number of nitrogens with zero attached hydrogens (tertiary/aromatic N) is 2. The molecular weight excluding hydrogens is 258 g/mol. The zero-order valence-corrected chi connectivity index (χ0v) is 12.4. The minimum atomic E-state index is -0.130. The van der Waals surface area contributed by atoms with Gasteiger partial charge in [0.15, 0.2) is 0 Å². The molecule has 3 nitrogen and oxygen atoms in total. The van der Waals surface area contributed by atoms with Crippen LogP contribution in [-0.2, 0) is 5.66 Å². The number of fused-ring (bicyclic) bond motifs is 5. The fourth-order valence-electron chi connectivity index (χ4n) is 3.50. The summed E-state index contributed by atoms with van der Waals surface area (Å²) in [5, 5.41) is 3.73. The zero-order valence-electron chi connectivity index (χ0n) is 12.4. The first-order chi connectivity index (χ1) is 10.2. The third-order valence-corrected chi connectivity index (χ3v) is 4.36. The van der Waals surface area contributed by atoms with Gasteiger partial charge in [0.1, 0.15) is 11.5 Å². The quantitative estimate of drug-likeness (QED) is 0.741. The Kier molecular flexibility index (Phi) is 2.58. The van der Waals surface area contributed by atoms with E-state index in [0.717, 1.165) is 24.2 Å². The Hall–Kier alpha value is -2.29. The van der Waals surface area contributed by atoms with Crippen molar-refractivity contribution in [1.82, 2.24) is 9.55 Å². The molecule has 0 saturated heterocycles. The maximum Gasteiger partial charge on any atom is 0.145 e. The summed E-state index contributed by atoms with van der Waals surface area (Å²) in [7, 11) is 0. The van der Waals surface area contributed by atoms with E-state index in [-0.39, 0.29) is 5.66 Å². The molecule has 1 aromatic heterocycles. The molecule has 1 aliphatic rings. The molecule has 4 rings (SSSR count). The summed E-state index contributed by atoms with van der Waals surface area (Å²) >= 11 is 0. The molecule has 0 fully saturated rings. The highest BCUT2D eigenvalue weighted by molar-refractivity contribution is 5.86. The molecule has 0 radical (unpaired) electrons. The first-order valence-electron chi connectivity index (χ1n) is 7.58. The number of imidazole rings is 1. The monoisotopic (exact) mass is 277 g/mol. The van der Waals surface area contributed by atoms with Crippen molar-refractivity contribution in [2.24, 2.45) is 0 Å². The van der Waals surface area contributed by atoms with Crippen molar-refractivity contribution in [3.05, 3.63) is 48.5 Å². The van der Waals surface area contributed by atoms with Gasteiger partial charge in [0.05, 0.1) is 11.0 Å². The van der Waals surface area contributed by atoms with Gasteiger partial charge in [-0.05, 0) is 37.6 Å². The van der Waals surface area contributed by atoms with E-state index in [1.807, 2.05) is 0 Å². The molecule has 0 amide bonds. The number of anilines is 1. The van der Waals surface area contributed by atoms with Gasteiger partial charge in [-0.25, -0.2) is 4.98 Å². The van der Waals surface area contributed by atoms with Gasteiger partial charge in [-0.2, -0.15) is 0 Å². The first kappa shape index (κ1) is 12.5. The molecule has 1 N–H and O–H groups in total. The molecule has 3 aromatic rings. The molecule has 1 aliphatic heterocycles. The van der Waals surface area contributed by atoms with E-state index in [1.165, 1.54) is 16.8 Å². The van der Waals surface area contributed by atoms with Gasteiger partial charge in [0, 0.05) is 11.3 Å². The molecule has 21 heavy (non-hydrogen) atoms. The molecule has 2 aromatic carbocycles. The Morgan fingerprint density at radius 1 is 1.10 bits per heavy atom. The van der Waals surface area contributed by atoms with E-state index in [1.54, 1.807) is 0 Å². The van der Waals surface area contributed by atoms with Crippen LogP contribution in [0.4, 0.5) is 5.69 Å². The van der Waals surface area contributed by atoms with Crippen molar-refractivity contribution in [1.29, 1.82) is 0 Å². The second-order valence-electron chi connectivity index (χ2n) is 5.95. The fraction of sp³-hybridized carbons (Fsp3) is 0.278. The summed E-state index contributed by atoms with van der Waals surface area (Å²) in [5.41, 5.74) is 4.49. The lowest BCUT2D eigenvalue weighted by atomic mass is 9.99. The second-order valence-corrected chi connectivity index (χ2v) is 5.95. The third kappa shape index (κ3) is 1.70. The summed E-state index contributed by atoms with van der Waals surface area (Å²) in [4.78, 5) is 4.90. The summed E-state index contributed by atoms with van der Waals surface area (Å²) in [6, 6.07) is 16.8. The van der Waals surface area contributed by atoms with E-state index in [2.05, 4.69) is 72.3 Å². The average molecular weight is 277 g/mol. The Balaban J connectivity index is 2.08. The van der Waals surface area contributed by atoms with Crippen molar-refractivity contribution in [2.75, 3.05) is 5.32 Å². The Morgan fingerprint density at radius 2 is 1.86 bits per heavy atom. The standard InChI is InChI=1S/C18H19N3/c1-3-12-18(2)20-14-9-5-4-8-13(14)17-19-15-10-6-7-11-16(15)21(17)18/h4-11,20H,3,12H2,1-2H3/t18-/m0/s1. The molecular formula is C18H19N3. The highest BCUT2D eigenvalue weighted by Crippen LogP contribution is 2.42. The van der Waals surface area contributed by atoms with E-state index < -0.39 is 0 Å². The average Bonchev–Trinajstić information content (AvgIpc) is 2.88. The van der Waals surface area contributed by atoms with Gasteiger partial charge in [-0.3, -0.25) is 0 Å². The second kappa shape index (κ2) is 4.35. The number of hydrogen-bond donors (Lipinski definition) is 1.